The van der Waals surface area contributed by atoms with Crippen LogP contribution in [0.4, 0.5) is 0 Å². The van der Waals surface area contributed by atoms with Crippen LogP contribution in [-0.2, 0) is 9.59 Å². The molecule has 0 aromatic carbocycles. The van der Waals surface area contributed by atoms with E-state index in [-0.39, 0.29) is 56.7 Å². The summed E-state index contributed by atoms with van der Waals surface area (Å²) in [6.45, 7) is 17.5. The minimum absolute atomic E-state index is 0.0604. The first-order valence-electron chi connectivity index (χ1n) is 14.2. The van der Waals surface area contributed by atoms with E-state index in [1.165, 1.54) is 0 Å². The number of fused-ring (bicyclic) bond motifs is 7. The van der Waals surface area contributed by atoms with Crippen molar-refractivity contribution in [1.82, 2.24) is 0 Å². The van der Waals surface area contributed by atoms with Crippen molar-refractivity contribution < 1.29 is 9.59 Å². The van der Waals surface area contributed by atoms with E-state index in [1.807, 2.05) is 32.9 Å². The summed E-state index contributed by atoms with van der Waals surface area (Å²) in [6.07, 6.45) is 10.7. The molecular formula is C32H45N3O2. The van der Waals surface area contributed by atoms with Gasteiger partial charge < -0.3 is 5.73 Å². The number of carbonyl (C=O) groups is 2. The monoisotopic (exact) mass is 503 g/mol. The normalized spacial score (nSPS) is 46.4. The molecule has 0 aromatic rings. The Morgan fingerprint density at radius 3 is 2.30 bits per heavy atom. The van der Waals surface area contributed by atoms with E-state index >= 15 is 0 Å². The fourth-order valence-corrected chi connectivity index (χ4v) is 10.2. The molecule has 5 heteroatoms. The Balaban J connectivity index is 1.71. The summed E-state index contributed by atoms with van der Waals surface area (Å²) in [5, 5.41) is 9.88. The van der Waals surface area contributed by atoms with Gasteiger partial charge in [-0.1, -0.05) is 60.1 Å². The summed E-state index contributed by atoms with van der Waals surface area (Å²) >= 11 is 0. The van der Waals surface area contributed by atoms with Crippen molar-refractivity contribution in [3.8, 4) is 6.07 Å². The van der Waals surface area contributed by atoms with Crippen LogP contribution < -0.4 is 5.73 Å². The van der Waals surface area contributed by atoms with Gasteiger partial charge in [-0.05, 0) is 86.0 Å². The second kappa shape index (κ2) is 7.67. The third kappa shape index (κ3) is 3.29. The highest BCUT2D eigenvalue weighted by Crippen LogP contribution is 2.73. The number of aliphatic imine (C=N–C) groups is 1. The molecule has 5 aliphatic carbocycles. The molecule has 200 valence electrons. The van der Waals surface area contributed by atoms with Crippen LogP contribution in [0, 0.1) is 56.2 Å². The quantitative estimate of drug-likeness (QED) is 0.334. The minimum Gasteiger partial charge on any atom is -0.388 e. The average molecular weight is 504 g/mol. The largest absolute Gasteiger partial charge is 0.388 e. The van der Waals surface area contributed by atoms with Gasteiger partial charge in [-0.15, -0.1) is 0 Å². The van der Waals surface area contributed by atoms with E-state index < -0.39 is 10.8 Å². The fraction of sp³-hybridized carbons (Fsp3) is 0.750. The summed E-state index contributed by atoms with van der Waals surface area (Å²) in [4.78, 5) is 32.7. The highest BCUT2D eigenvalue weighted by atomic mass is 16.1. The molecule has 0 bridgehead atoms. The number of Topliss-reactive ketones (excluding diaryl/α,β-unsaturated/α-hetero) is 1. The van der Waals surface area contributed by atoms with E-state index in [0.717, 1.165) is 50.5 Å². The Kier molecular flexibility index (Phi) is 5.47. The number of nitriles is 1. The third-order valence-electron chi connectivity index (χ3n) is 12.2. The number of ketones is 2. The zero-order valence-electron chi connectivity index (χ0n) is 24.1. The first-order chi connectivity index (χ1) is 17.0. The average Bonchev–Trinajstić information content (AvgIpc) is 2.78. The molecule has 5 aliphatic rings. The highest BCUT2D eigenvalue weighted by molar-refractivity contribution is 6.04. The number of amidine groups is 1. The van der Waals surface area contributed by atoms with Crippen LogP contribution in [0.1, 0.15) is 100 Å². The molecule has 5 rings (SSSR count). The van der Waals surface area contributed by atoms with Gasteiger partial charge in [-0.2, -0.15) is 5.26 Å². The van der Waals surface area contributed by atoms with Crippen molar-refractivity contribution in [3.63, 3.8) is 0 Å². The van der Waals surface area contributed by atoms with Crippen LogP contribution in [0.25, 0.3) is 0 Å². The summed E-state index contributed by atoms with van der Waals surface area (Å²) in [5.74, 6) is 0.907. The summed E-state index contributed by atoms with van der Waals surface area (Å²) in [7, 11) is 0. The second-order valence-corrected chi connectivity index (χ2v) is 15.1. The zero-order chi connectivity index (χ0) is 27.4. The van der Waals surface area contributed by atoms with E-state index in [2.05, 4.69) is 40.7 Å². The lowest BCUT2D eigenvalue weighted by atomic mass is 9.35. The maximum absolute atomic E-state index is 14.4. The van der Waals surface area contributed by atoms with Crippen LogP contribution >= 0.6 is 0 Å². The molecule has 0 saturated heterocycles. The van der Waals surface area contributed by atoms with E-state index in [9.17, 15) is 14.9 Å². The van der Waals surface area contributed by atoms with Crippen LogP contribution in [-0.4, -0.2) is 22.9 Å². The molecule has 7 atom stereocenters. The number of rotatable bonds is 1. The smallest absolute Gasteiger partial charge is 0.178 e. The van der Waals surface area contributed by atoms with Gasteiger partial charge in [-0.3, -0.25) is 14.6 Å². The number of carbonyl (C=O) groups excluding carboxylic acids is 2. The Labute approximate surface area is 223 Å². The molecule has 3 fully saturated rings. The number of hydrogen-bond acceptors (Lipinski definition) is 4. The second-order valence-electron chi connectivity index (χ2n) is 15.1. The fourth-order valence-electron chi connectivity index (χ4n) is 10.2. The first kappa shape index (κ1) is 26.4. The van der Waals surface area contributed by atoms with Crippen molar-refractivity contribution in [3.05, 3.63) is 23.3 Å². The van der Waals surface area contributed by atoms with Crippen molar-refractivity contribution in [2.24, 2.45) is 55.6 Å². The zero-order valence-corrected chi connectivity index (χ0v) is 24.1. The van der Waals surface area contributed by atoms with Crippen LogP contribution in [0.5, 0.6) is 0 Å². The Morgan fingerprint density at radius 1 is 1.03 bits per heavy atom. The molecule has 37 heavy (non-hydrogen) atoms. The van der Waals surface area contributed by atoms with Crippen molar-refractivity contribution in [1.29, 1.82) is 5.26 Å². The maximum atomic E-state index is 14.4. The van der Waals surface area contributed by atoms with Crippen molar-refractivity contribution in [2.45, 2.75) is 106 Å². The SMILES string of the molecule is CC(N)=N[C@]12CCC(C)(C)C[C@H]1[C@H]1C(=O)C=C3[C@@]4(C)C=C(C#N)C(=O)C(C)(C)[C@@H]4CC[C@@]3(C)[C@]1(C)CC2. The van der Waals surface area contributed by atoms with Crippen LogP contribution in [0.2, 0.25) is 0 Å². The lowest BCUT2D eigenvalue weighted by Crippen LogP contribution is -2.66. The van der Waals surface area contributed by atoms with Gasteiger partial charge in [0.1, 0.15) is 6.07 Å². The molecule has 2 N–H and O–H groups in total. The van der Waals surface area contributed by atoms with Gasteiger partial charge in [0.05, 0.1) is 16.9 Å². The number of nitrogens with two attached hydrogens (primary N) is 1. The maximum Gasteiger partial charge on any atom is 0.178 e. The van der Waals surface area contributed by atoms with Crippen molar-refractivity contribution in [2.75, 3.05) is 0 Å². The molecule has 0 aliphatic heterocycles. The number of allylic oxidation sites excluding steroid dienone is 4. The number of hydrogen-bond donors (Lipinski definition) is 1. The Hall–Kier alpha value is -2.22. The Morgan fingerprint density at radius 2 is 1.68 bits per heavy atom. The molecule has 0 spiro atoms. The molecule has 5 nitrogen and oxygen atoms in total. The van der Waals surface area contributed by atoms with E-state index in [1.54, 1.807) is 0 Å². The molecule has 3 saturated carbocycles. The summed E-state index contributed by atoms with van der Waals surface area (Å²) in [5.41, 5.74) is 5.96. The molecule has 0 radical (unpaired) electrons. The Bertz CT molecular complexity index is 1210. The predicted octanol–water partition coefficient (Wildman–Crippen LogP) is 6.34. The van der Waals surface area contributed by atoms with Gasteiger partial charge in [-0.25, -0.2) is 0 Å². The molecular weight excluding hydrogens is 458 g/mol. The molecule has 0 heterocycles. The highest BCUT2D eigenvalue weighted by Gasteiger charge is 2.69. The van der Waals surface area contributed by atoms with Gasteiger partial charge in [0.2, 0.25) is 0 Å². The third-order valence-corrected chi connectivity index (χ3v) is 12.2. The van der Waals surface area contributed by atoms with Gasteiger partial charge in [0, 0.05) is 16.7 Å². The lowest BCUT2D eigenvalue weighted by molar-refractivity contribution is -0.158. The minimum atomic E-state index is -0.639. The summed E-state index contributed by atoms with van der Waals surface area (Å²) in [6, 6.07) is 2.19. The topological polar surface area (TPSA) is 96.3 Å². The summed E-state index contributed by atoms with van der Waals surface area (Å²) < 4.78 is 0. The standard InChI is InChI=1S/C32H45N3O2/c1-19(34)35-32-13-11-27(2,3)17-21(32)25-22(36)15-24-29(6)16-20(18-33)26(37)28(4,5)23(29)9-10-30(24,7)31(25,8)12-14-32/h15-16,21,23,25H,9-14,17H2,1-8H3,(H2,34,35)/t21-,23-,25-,29-,30+,31+,32-/m0/s1. The van der Waals surface area contributed by atoms with Crippen molar-refractivity contribution >= 4 is 17.4 Å². The van der Waals surface area contributed by atoms with Gasteiger partial charge in [0.15, 0.2) is 11.6 Å². The van der Waals surface area contributed by atoms with Crippen LogP contribution in [0.15, 0.2) is 28.3 Å². The molecule has 0 aromatic heterocycles. The lowest BCUT2D eigenvalue weighted by Gasteiger charge is -2.68. The van der Waals surface area contributed by atoms with E-state index in [0.29, 0.717) is 5.84 Å². The van der Waals surface area contributed by atoms with Gasteiger partial charge in [0.25, 0.3) is 0 Å². The predicted molar refractivity (Wildman–Crippen MR) is 146 cm³/mol. The first-order valence-corrected chi connectivity index (χ1v) is 14.2. The van der Waals surface area contributed by atoms with Crippen LogP contribution in [0.3, 0.4) is 0 Å². The van der Waals surface area contributed by atoms with E-state index in [4.69, 9.17) is 10.7 Å². The number of nitrogens with zero attached hydrogens (tertiary/aromatic N) is 2. The van der Waals surface area contributed by atoms with Gasteiger partial charge >= 0.3 is 0 Å². The molecule has 0 unspecified atom stereocenters. The molecule has 0 amide bonds.